The maximum Gasteiger partial charge on any atom is 0.321 e. The molecule has 0 spiro atoms. The van der Waals surface area contributed by atoms with Gasteiger partial charge in [-0.25, -0.2) is 24.7 Å². The number of carboxylic acid groups (broad SMARTS) is 1. The minimum atomic E-state index is -0.729. The Bertz CT molecular complexity index is 1450. The number of thiazole rings is 1. The number of nitrogens with zero attached hydrogens (tertiary/aromatic N) is 6. The molecule has 196 valence electrons. The summed E-state index contributed by atoms with van der Waals surface area (Å²) < 4.78 is 0.808. The summed E-state index contributed by atoms with van der Waals surface area (Å²) in [6, 6.07) is 7.15. The van der Waals surface area contributed by atoms with Gasteiger partial charge in [0.2, 0.25) is 5.95 Å². The largest absolute Gasteiger partial charge is 0.481 e. The number of aromatic nitrogens is 5. The first-order valence-corrected chi connectivity index (χ1v) is 13.3. The van der Waals surface area contributed by atoms with Gasteiger partial charge in [-0.15, -0.1) is 0 Å². The molecule has 11 nitrogen and oxygen atoms in total. The number of carbonyl (C=O) groups is 2. The number of anilines is 2. The van der Waals surface area contributed by atoms with Gasteiger partial charge in [0.25, 0.3) is 0 Å². The van der Waals surface area contributed by atoms with Crippen LogP contribution in [0.2, 0.25) is 0 Å². The third-order valence-corrected chi connectivity index (χ3v) is 7.90. The quantitative estimate of drug-likeness (QED) is 0.314. The van der Waals surface area contributed by atoms with E-state index in [9.17, 15) is 14.7 Å². The first-order chi connectivity index (χ1) is 18.4. The van der Waals surface area contributed by atoms with Crippen LogP contribution in [-0.4, -0.2) is 61.7 Å². The van der Waals surface area contributed by atoms with Crippen molar-refractivity contribution in [1.82, 2.24) is 30.2 Å². The van der Waals surface area contributed by atoms with Crippen LogP contribution in [0.1, 0.15) is 33.1 Å². The molecule has 5 rings (SSSR count). The molecule has 12 heteroatoms. The number of rotatable bonds is 7. The molecular formula is C26H28N8O3S. The maximum atomic E-state index is 12.0. The highest BCUT2D eigenvalue weighted by Gasteiger charge is 2.40. The van der Waals surface area contributed by atoms with Crippen molar-refractivity contribution in [2.75, 3.05) is 29.9 Å². The summed E-state index contributed by atoms with van der Waals surface area (Å²) in [5.41, 5.74) is 2.70. The lowest BCUT2D eigenvalue weighted by Crippen LogP contribution is -2.44. The van der Waals surface area contributed by atoms with Crippen molar-refractivity contribution < 1.29 is 14.7 Å². The number of piperidine rings is 1. The molecule has 1 fully saturated rings. The zero-order valence-electron chi connectivity index (χ0n) is 21.1. The van der Waals surface area contributed by atoms with Gasteiger partial charge in [-0.3, -0.25) is 15.1 Å². The molecule has 1 saturated heterocycles. The monoisotopic (exact) mass is 532 g/mol. The van der Waals surface area contributed by atoms with Gasteiger partial charge in [-0.05, 0) is 44.4 Å². The minimum Gasteiger partial charge on any atom is -0.481 e. The SMILES string of the molecule is CCNC(=O)Nc1nc2cc(-c3cnc(N4CCC(CC)(C(=O)O)CC4)nc3)nc(-c3ccccn3)c2s1. The lowest BCUT2D eigenvalue weighted by Gasteiger charge is -2.38. The molecule has 0 saturated carbocycles. The number of carboxylic acids is 1. The summed E-state index contributed by atoms with van der Waals surface area (Å²) in [5, 5.41) is 15.6. The number of pyridine rings is 2. The molecule has 2 amide bonds. The Morgan fingerprint density at radius 1 is 1.08 bits per heavy atom. The molecule has 38 heavy (non-hydrogen) atoms. The van der Waals surface area contributed by atoms with Gasteiger partial charge in [-0.2, -0.15) is 0 Å². The van der Waals surface area contributed by atoms with E-state index in [0.717, 1.165) is 4.70 Å². The van der Waals surface area contributed by atoms with Gasteiger partial charge in [-0.1, -0.05) is 24.3 Å². The summed E-state index contributed by atoms with van der Waals surface area (Å²) in [6.07, 6.45) is 6.88. The number of hydrogen-bond acceptors (Lipinski definition) is 9. The standard InChI is InChI=1S/C26H28N8O3S/c1-3-26(22(35)36)8-11-34(12-9-26)23-29-14-16(15-30-23)18-13-19-21(20(31-18)17-7-5-6-10-28-17)38-25(32-19)33-24(37)27-4-2/h5-7,10,13-15H,3-4,8-9,11-12H2,1-2H3,(H,35,36)(H2,27,32,33,37). The highest BCUT2D eigenvalue weighted by molar-refractivity contribution is 7.22. The molecule has 0 bridgehead atoms. The molecule has 3 N–H and O–H groups in total. The minimum absolute atomic E-state index is 0.319. The molecule has 4 aromatic rings. The second kappa shape index (κ2) is 10.7. The first kappa shape index (κ1) is 25.5. The van der Waals surface area contributed by atoms with Crippen molar-refractivity contribution in [2.24, 2.45) is 5.41 Å². The molecule has 0 unspecified atom stereocenters. The summed E-state index contributed by atoms with van der Waals surface area (Å²) in [6.45, 7) is 5.47. The van der Waals surface area contributed by atoms with Crippen LogP contribution in [0.25, 0.3) is 32.9 Å². The van der Waals surface area contributed by atoms with Crippen LogP contribution < -0.4 is 15.5 Å². The number of amides is 2. The molecule has 0 aliphatic carbocycles. The first-order valence-electron chi connectivity index (χ1n) is 12.5. The maximum absolute atomic E-state index is 12.0. The fourth-order valence-electron chi connectivity index (χ4n) is 4.58. The van der Waals surface area contributed by atoms with Crippen LogP contribution in [-0.2, 0) is 4.79 Å². The van der Waals surface area contributed by atoms with E-state index < -0.39 is 11.4 Å². The predicted octanol–water partition coefficient (Wildman–Crippen LogP) is 4.43. The van der Waals surface area contributed by atoms with Crippen LogP contribution in [0.5, 0.6) is 0 Å². The fourth-order valence-corrected chi connectivity index (χ4v) is 5.52. The van der Waals surface area contributed by atoms with Gasteiger partial charge in [0.05, 0.1) is 27.0 Å². The van der Waals surface area contributed by atoms with Gasteiger partial charge in [0.1, 0.15) is 5.69 Å². The highest BCUT2D eigenvalue weighted by atomic mass is 32.1. The average Bonchev–Trinajstić information content (AvgIpc) is 3.35. The van der Waals surface area contributed by atoms with E-state index >= 15 is 0 Å². The molecule has 0 radical (unpaired) electrons. The molecular weight excluding hydrogens is 504 g/mol. The summed E-state index contributed by atoms with van der Waals surface area (Å²) in [5.74, 6) is -0.163. The third-order valence-electron chi connectivity index (χ3n) is 6.91. The third kappa shape index (κ3) is 4.99. The molecule has 0 aromatic carbocycles. The van der Waals surface area contributed by atoms with E-state index in [2.05, 4.69) is 30.6 Å². The average molecular weight is 533 g/mol. The van der Waals surface area contributed by atoms with Crippen LogP contribution in [0.15, 0.2) is 42.9 Å². The summed E-state index contributed by atoms with van der Waals surface area (Å²) in [4.78, 5) is 49.0. The zero-order chi connectivity index (χ0) is 26.7. The number of fused-ring (bicyclic) bond motifs is 1. The Kier molecular flexibility index (Phi) is 7.14. The number of aliphatic carboxylic acids is 1. The number of hydrogen-bond donors (Lipinski definition) is 3. The summed E-state index contributed by atoms with van der Waals surface area (Å²) in [7, 11) is 0. The number of nitrogens with one attached hydrogen (secondary N) is 2. The Morgan fingerprint density at radius 3 is 2.47 bits per heavy atom. The Hall–Kier alpha value is -4.19. The van der Waals surface area contributed by atoms with Crippen LogP contribution >= 0.6 is 11.3 Å². The zero-order valence-corrected chi connectivity index (χ0v) is 22.0. The normalized spacial score (nSPS) is 14.8. The predicted molar refractivity (Wildman–Crippen MR) is 146 cm³/mol. The second-order valence-electron chi connectivity index (χ2n) is 9.12. The van der Waals surface area contributed by atoms with Crippen molar-refractivity contribution in [3.63, 3.8) is 0 Å². The summed E-state index contributed by atoms with van der Waals surface area (Å²) >= 11 is 1.34. The fraction of sp³-hybridized carbons (Fsp3) is 0.346. The number of urea groups is 1. The van der Waals surface area contributed by atoms with Gasteiger partial charge < -0.3 is 15.3 Å². The van der Waals surface area contributed by atoms with E-state index in [0.29, 0.717) is 78.1 Å². The number of carbonyl (C=O) groups excluding carboxylic acids is 1. The second-order valence-corrected chi connectivity index (χ2v) is 10.1. The lowest BCUT2D eigenvalue weighted by molar-refractivity contribution is -0.150. The van der Waals surface area contributed by atoms with E-state index in [1.807, 2.05) is 43.0 Å². The topological polar surface area (TPSA) is 146 Å². The van der Waals surface area contributed by atoms with Gasteiger partial charge in [0, 0.05) is 43.8 Å². The van der Waals surface area contributed by atoms with E-state index in [-0.39, 0.29) is 6.03 Å². The van der Waals surface area contributed by atoms with Crippen molar-refractivity contribution in [3.05, 3.63) is 42.9 Å². The van der Waals surface area contributed by atoms with E-state index in [4.69, 9.17) is 4.98 Å². The van der Waals surface area contributed by atoms with Crippen molar-refractivity contribution >= 4 is 44.6 Å². The van der Waals surface area contributed by atoms with Crippen LogP contribution in [0, 0.1) is 5.41 Å². The van der Waals surface area contributed by atoms with E-state index in [1.165, 1.54) is 11.3 Å². The van der Waals surface area contributed by atoms with Crippen LogP contribution in [0.3, 0.4) is 0 Å². The molecule has 0 atom stereocenters. The molecule has 5 heterocycles. The van der Waals surface area contributed by atoms with Crippen molar-refractivity contribution in [1.29, 1.82) is 0 Å². The lowest BCUT2D eigenvalue weighted by atomic mass is 9.76. The smallest absolute Gasteiger partial charge is 0.321 e. The molecule has 1 aliphatic rings. The Balaban J connectivity index is 1.45. The Morgan fingerprint density at radius 2 is 1.84 bits per heavy atom. The molecule has 1 aliphatic heterocycles. The van der Waals surface area contributed by atoms with Crippen LogP contribution in [0.4, 0.5) is 15.9 Å². The van der Waals surface area contributed by atoms with Crippen molar-refractivity contribution in [3.8, 4) is 22.6 Å². The van der Waals surface area contributed by atoms with Gasteiger partial charge >= 0.3 is 12.0 Å². The molecule has 4 aromatic heterocycles. The highest BCUT2D eigenvalue weighted by Crippen LogP contribution is 2.37. The van der Waals surface area contributed by atoms with Gasteiger partial charge in [0.15, 0.2) is 5.13 Å². The van der Waals surface area contributed by atoms with E-state index in [1.54, 1.807) is 18.6 Å². The Labute approximate surface area is 223 Å². The van der Waals surface area contributed by atoms with Crippen molar-refractivity contribution in [2.45, 2.75) is 33.1 Å².